The molecule has 1 aliphatic carbocycles. The molecule has 0 amide bonds. The van der Waals surface area contributed by atoms with Crippen molar-refractivity contribution in [3.8, 4) is 22.6 Å². The molecule has 3 aromatic rings. The van der Waals surface area contributed by atoms with E-state index >= 15 is 0 Å². The van der Waals surface area contributed by atoms with Crippen LogP contribution in [0, 0.1) is 17.2 Å². The van der Waals surface area contributed by atoms with E-state index in [1.165, 1.54) is 6.07 Å². The third-order valence-electron chi connectivity index (χ3n) is 7.16. The molecule has 2 N–H and O–H groups in total. The summed E-state index contributed by atoms with van der Waals surface area (Å²) in [5.41, 5.74) is 3.74. The first-order valence-corrected chi connectivity index (χ1v) is 13.3. The third-order valence-corrected chi connectivity index (χ3v) is 7.16. The number of aliphatic hydroxyl groups excluding tert-OH is 1. The van der Waals surface area contributed by atoms with Crippen LogP contribution in [0.2, 0.25) is 0 Å². The van der Waals surface area contributed by atoms with Gasteiger partial charge in [-0.2, -0.15) is 0 Å². The Morgan fingerprint density at radius 1 is 1.05 bits per heavy atom. The van der Waals surface area contributed by atoms with Crippen molar-refractivity contribution in [2.45, 2.75) is 52.1 Å². The Balaban J connectivity index is 1.59. The number of aliphatic hydroxyl groups is 1. The van der Waals surface area contributed by atoms with Crippen LogP contribution in [0.1, 0.15) is 55.7 Å². The SMILES string of the molecule is COc1ccc(F)c(-c2ccc(COc3cccc([C@@H](CC(=O)O)C4CC4)c3)cc2CC(C)(C)COCO)c1. The summed E-state index contributed by atoms with van der Waals surface area (Å²) in [4.78, 5) is 11.4. The lowest BCUT2D eigenvalue weighted by Crippen LogP contribution is -2.23. The van der Waals surface area contributed by atoms with Crippen LogP contribution in [0.5, 0.6) is 11.5 Å². The zero-order valence-corrected chi connectivity index (χ0v) is 22.8. The molecule has 208 valence electrons. The molecule has 39 heavy (non-hydrogen) atoms. The molecule has 0 unspecified atom stereocenters. The molecule has 7 heteroatoms. The van der Waals surface area contributed by atoms with Gasteiger partial charge in [-0.1, -0.05) is 44.2 Å². The molecule has 0 bridgehead atoms. The number of ether oxygens (including phenoxy) is 3. The van der Waals surface area contributed by atoms with Crippen molar-refractivity contribution >= 4 is 5.97 Å². The van der Waals surface area contributed by atoms with Gasteiger partial charge in [-0.3, -0.25) is 4.79 Å². The van der Waals surface area contributed by atoms with Crippen LogP contribution in [0.25, 0.3) is 11.1 Å². The van der Waals surface area contributed by atoms with Crippen molar-refractivity contribution in [3.05, 3.63) is 83.2 Å². The Hall–Kier alpha value is -3.42. The maximum Gasteiger partial charge on any atom is 0.303 e. The molecular formula is C32H37FO6. The number of aliphatic carboxylic acids is 1. The maximum atomic E-state index is 14.9. The molecule has 0 radical (unpaired) electrons. The molecule has 0 aliphatic heterocycles. The molecule has 1 aliphatic rings. The van der Waals surface area contributed by atoms with Crippen molar-refractivity contribution in [3.63, 3.8) is 0 Å². The van der Waals surface area contributed by atoms with Gasteiger partial charge in [0, 0.05) is 5.56 Å². The van der Waals surface area contributed by atoms with Gasteiger partial charge in [0.1, 0.15) is 30.7 Å². The largest absolute Gasteiger partial charge is 0.497 e. The minimum atomic E-state index is -0.786. The highest BCUT2D eigenvalue weighted by molar-refractivity contribution is 5.70. The first kappa shape index (κ1) is 28.6. The molecule has 4 rings (SSSR count). The summed E-state index contributed by atoms with van der Waals surface area (Å²) in [6.07, 6.45) is 2.83. The number of hydrogen-bond donors (Lipinski definition) is 2. The van der Waals surface area contributed by atoms with E-state index in [0.717, 1.165) is 35.1 Å². The maximum absolute atomic E-state index is 14.9. The van der Waals surface area contributed by atoms with Gasteiger partial charge < -0.3 is 24.4 Å². The average Bonchev–Trinajstić information content (AvgIpc) is 3.75. The van der Waals surface area contributed by atoms with Crippen LogP contribution in [-0.4, -0.2) is 36.7 Å². The molecular weight excluding hydrogens is 499 g/mol. The van der Waals surface area contributed by atoms with Crippen molar-refractivity contribution in [2.24, 2.45) is 11.3 Å². The average molecular weight is 537 g/mol. The summed E-state index contributed by atoms with van der Waals surface area (Å²) >= 11 is 0. The number of methoxy groups -OCH3 is 1. The monoisotopic (exact) mass is 536 g/mol. The number of carboxylic acid groups (broad SMARTS) is 1. The highest BCUT2D eigenvalue weighted by Crippen LogP contribution is 2.45. The minimum Gasteiger partial charge on any atom is -0.497 e. The third kappa shape index (κ3) is 7.80. The second-order valence-corrected chi connectivity index (χ2v) is 11.1. The fraction of sp³-hybridized carbons (Fsp3) is 0.406. The number of benzene rings is 3. The number of carboxylic acids is 1. The molecule has 0 saturated heterocycles. The Labute approximate surface area is 229 Å². The predicted molar refractivity (Wildman–Crippen MR) is 147 cm³/mol. The van der Waals surface area contributed by atoms with E-state index in [4.69, 9.17) is 19.3 Å². The van der Waals surface area contributed by atoms with Gasteiger partial charge in [-0.15, -0.1) is 0 Å². The molecule has 1 saturated carbocycles. The van der Waals surface area contributed by atoms with Crippen LogP contribution >= 0.6 is 0 Å². The number of carbonyl (C=O) groups is 1. The summed E-state index contributed by atoms with van der Waals surface area (Å²) < 4.78 is 31.7. The van der Waals surface area contributed by atoms with E-state index in [1.807, 2.05) is 56.3 Å². The smallest absolute Gasteiger partial charge is 0.303 e. The second-order valence-electron chi connectivity index (χ2n) is 11.1. The van der Waals surface area contributed by atoms with E-state index in [-0.39, 0.29) is 30.4 Å². The topological polar surface area (TPSA) is 85.2 Å². The number of hydrogen-bond acceptors (Lipinski definition) is 5. The Kier molecular flexibility index (Phi) is 9.25. The fourth-order valence-corrected chi connectivity index (χ4v) is 5.12. The molecule has 3 aromatic carbocycles. The molecule has 6 nitrogen and oxygen atoms in total. The lowest BCUT2D eigenvalue weighted by atomic mass is 9.83. The van der Waals surface area contributed by atoms with Crippen LogP contribution in [0.15, 0.2) is 60.7 Å². The number of halogens is 1. The van der Waals surface area contributed by atoms with Crippen molar-refractivity contribution < 1.29 is 33.6 Å². The first-order chi connectivity index (χ1) is 18.7. The van der Waals surface area contributed by atoms with Crippen molar-refractivity contribution in [1.29, 1.82) is 0 Å². The van der Waals surface area contributed by atoms with Gasteiger partial charge in [-0.05, 0) is 89.1 Å². The second kappa shape index (κ2) is 12.6. The van der Waals surface area contributed by atoms with E-state index in [9.17, 15) is 14.3 Å². The Morgan fingerprint density at radius 2 is 1.85 bits per heavy atom. The van der Waals surface area contributed by atoms with Crippen LogP contribution in [-0.2, 0) is 22.6 Å². The zero-order valence-electron chi connectivity index (χ0n) is 22.8. The fourth-order valence-electron chi connectivity index (χ4n) is 5.12. The van der Waals surface area contributed by atoms with Crippen LogP contribution in [0.3, 0.4) is 0 Å². The van der Waals surface area contributed by atoms with Gasteiger partial charge in [-0.25, -0.2) is 4.39 Å². The van der Waals surface area contributed by atoms with Gasteiger partial charge >= 0.3 is 5.97 Å². The molecule has 0 aromatic heterocycles. The zero-order chi connectivity index (χ0) is 28.0. The van der Waals surface area contributed by atoms with Crippen LogP contribution < -0.4 is 9.47 Å². The van der Waals surface area contributed by atoms with Crippen molar-refractivity contribution in [2.75, 3.05) is 20.5 Å². The molecule has 1 atom stereocenters. The number of rotatable bonds is 14. The summed E-state index contributed by atoms with van der Waals surface area (Å²) in [6.45, 7) is 4.36. The van der Waals surface area contributed by atoms with Gasteiger partial charge in [0.2, 0.25) is 0 Å². The summed E-state index contributed by atoms with van der Waals surface area (Å²) in [5, 5.41) is 18.5. The molecule has 0 spiro atoms. The van der Waals surface area contributed by atoms with E-state index in [1.54, 1.807) is 19.2 Å². The van der Waals surface area contributed by atoms with E-state index in [2.05, 4.69) is 0 Å². The molecule has 0 heterocycles. The standard InChI is InChI=1S/C32H37FO6/c1-32(2,19-38-20-34)17-24-13-21(7-11-27(24)29-15-25(37-3)10-12-30(29)33)18-39-26-6-4-5-23(14-26)28(16-31(35)36)22-8-9-22/h4-7,10-15,22,28,34H,8-9,16-20H2,1-3H3,(H,35,36)/t28-/m0/s1. The van der Waals surface area contributed by atoms with Crippen LogP contribution in [0.4, 0.5) is 4.39 Å². The summed E-state index contributed by atoms with van der Waals surface area (Å²) in [5.74, 6) is 0.545. The predicted octanol–water partition coefficient (Wildman–Crippen LogP) is 6.58. The normalized spacial score (nSPS) is 14.2. The minimum absolute atomic E-state index is 0.00179. The highest BCUT2D eigenvalue weighted by Gasteiger charge is 2.33. The summed E-state index contributed by atoms with van der Waals surface area (Å²) in [6, 6.07) is 18.3. The Morgan fingerprint density at radius 3 is 2.54 bits per heavy atom. The van der Waals surface area contributed by atoms with E-state index in [0.29, 0.717) is 42.6 Å². The first-order valence-electron chi connectivity index (χ1n) is 13.3. The molecule has 1 fully saturated rings. The van der Waals surface area contributed by atoms with E-state index < -0.39 is 5.97 Å². The highest BCUT2D eigenvalue weighted by atomic mass is 19.1. The van der Waals surface area contributed by atoms with Gasteiger partial charge in [0.05, 0.1) is 20.1 Å². The Bertz CT molecular complexity index is 1280. The summed E-state index contributed by atoms with van der Waals surface area (Å²) in [7, 11) is 1.55. The van der Waals surface area contributed by atoms with Gasteiger partial charge in [0.15, 0.2) is 0 Å². The van der Waals surface area contributed by atoms with Crippen molar-refractivity contribution in [1.82, 2.24) is 0 Å². The lowest BCUT2D eigenvalue weighted by molar-refractivity contribution is -0.137. The lowest BCUT2D eigenvalue weighted by Gasteiger charge is -2.26. The van der Waals surface area contributed by atoms with Gasteiger partial charge in [0.25, 0.3) is 0 Å². The quantitative estimate of drug-likeness (QED) is 0.226.